The minimum absolute atomic E-state index is 0.159. The van der Waals surface area contributed by atoms with Gasteiger partial charge in [0.15, 0.2) is 0 Å². The van der Waals surface area contributed by atoms with Crippen LogP contribution in [0.15, 0.2) is 36.4 Å². The van der Waals surface area contributed by atoms with Gasteiger partial charge in [0.25, 0.3) is 0 Å². The number of nitrogens with zero attached hydrogens (tertiary/aromatic N) is 2. The summed E-state index contributed by atoms with van der Waals surface area (Å²) in [6.07, 6.45) is 0. The molecule has 2 atom stereocenters. The number of anilines is 1. The first-order valence-corrected chi connectivity index (χ1v) is 8.30. The van der Waals surface area contributed by atoms with Crippen LogP contribution >= 0.6 is 0 Å². The number of nitrogens with one attached hydrogen (secondary N) is 1. The van der Waals surface area contributed by atoms with Crippen LogP contribution < -0.4 is 10.5 Å². The number of rotatable bonds is 4. The highest BCUT2D eigenvalue weighted by atomic mass is 32.2. The van der Waals surface area contributed by atoms with Gasteiger partial charge in [0.05, 0.1) is 21.4 Å². The van der Waals surface area contributed by atoms with Gasteiger partial charge in [-0.2, -0.15) is 0 Å². The molecule has 0 spiro atoms. The van der Waals surface area contributed by atoms with Gasteiger partial charge in [0, 0.05) is 17.2 Å². The summed E-state index contributed by atoms with van der Waals surface area (Å²) in [7, 11) is -1.18. The molecule has 1 unspecified atom stereocenters. The molecule has 1 aromatic carbocycles. The Hall–Kier alpha value is -1.79. The molecule has 0 aliphatic rings. The second-order valence-electron chi connectivity index (χ2n) is 6.16. The minimum Gasteiger partial charge on any atom is -0.382 e. The maximum absolute atomic E-state index is 12.3. The molecule has 0 radical (unpaired) electrons. The highest BCUT2D eigenvalue weighted by molar-refractivity contribution is 7.84. The first kappa shape index (κ1) is 16.6. The molecular weight excluding hydrogens is 296 g/mol. The average Bonchev–Trinajstić information content (AvgIpc) is 2.47. The van der Waals surface area contributed by atoms with E-state index in [2.05, 4.69) is 14.9 Å². The molecule has 0 amide bonds. The predicted molar refractivity (Wildman–Crippen MR) is 91.3 cm³/mol. The quantitative estimate of drug-likeness (QED) is 0.908. The van der Waals surface area contributed by atoms with Crippen molar-refractivity contribution in [2.24, 2.45) is 0 Å². The van der Waals surface area contributed by atoms with Gasteiger partial charge in [-0.3, -0.25) is 0 Å². The molecule has 0 aliphatic heterocycles. The molecule has 2 aromatic rings. The van der Waals surface area contributed by atoms with E-state index in [1.165, 1.54) is 0 Å². The summed E-state index contributed by atoms with van der Waals surface area (Å²) in [5.74, 6) is 0.352. The van der Waals surface area contributed by atoms with Crippen LogP contribution in [0.5, 0.6) is 0 Å². The van der Waals surface area contributed by atoms with Crippen LogP contribution in [0.4, 0.5) is 5.82 Å². The summed E-state index contributed by atoms with van der Waals surface area (Å²) in [6.45, 7) is 7.74. The Morgan fingerprint density at radius 2 is 1.82 bits per heavy atom. The maximum atomic E-state index is 12.3. The predicted octanol–water partition coefficient (Wildman–Crippen LogP) is 2.84. The Morgan fingerprint density at radius 1 is 1.18 bits per heavy atom. The van der Waals surface area contributed by atoms with Crippen LogP contribution in [0.3, 0.4) is 0 Å². The van der Waals surface area contributed by atoms with Gasteiger partial charge in [0.1, 0.15) is 5.82 Å². The molecule has 0 saturated carbocycles. The number of aromatic nitrogens is 2. The summed E-state index contributed by atoms with van der Waals surface area (Å²) in [5, 5.41) is 8.18. The van der Waals surface area contributed by atoms with E-state index in [0.29, 0.717) is 5.82 Å². The largest absolute Gasteiger partial charge is 0.382 e. The van der Waals surface area contributed by atoms with Gasteiger partial charge in [-0.15, -0.1) is 10.2 Å². The van der Waals surface area contributed by atoms with Crippen molar-refractivity contribution in [2.75, 3.05) is 5.73 Å². The van der Waals surface area contributed by atoms with Gasteiger partial charge < -0.3 is 5.73 Å². The van der Waals surface area contributed by atoms with Crippen molar-refractivity contribution in [3.63, 3.8) is 0 Å². The Bertz CT molecular complexity index is 668. The summed E-state index contributed by atoms with van der Waals surface area (Å²) in [5.41, 5.74) is 8.38. The van der Waals surface area contributed by atoms with E-state index in [0.717, 1.165) is 16.8 Å². The molecule has 0 saturated heterocycles. The molecule has 118 valence electrons. The zero-order valence-corrected chi connectivity index (χ0v) is 14.1. The van der Waals surface area contributed by atoms with Gasteiger partial charge >= 0.3 is 0 Å². The van der Waals surface area contributed by atoms with Crippen molar-refractivity contribution in [3.8, 4) is 11.3 Å². The number of benzene rings is 1. The molecule has 0 aliphatic carbocycles. The van der Waals surface area contributed by atoms with Crippen LogP contribution in [0.2, 0.25) is 0 Å². The molecule has 0 bridgehead atoms. The summed E-state index contributed by atoms with van der Waals surface area (Å²) in [6, 6.07) is 11.4. The smallest absolute Gasteiger partial charge is 0.146 e. The third-order valence-corrected chi connectivity index (χ3v) is 4.88. The lowest BCUT2D eigenvalue weighted by atomic mass is 10.0. The summed E-state index contributed by atoms with van der Waals surface area (Å²) >= 11 is 0. The topological polar surface area (TPSA) is 80.9 Å². The first-order valence-electron chi connectivity index (χ1n) is 7.15. The lowest BCUT2D eigenvalue weighted by Gasteiger charge is -2.23. The third kappa shape index (κ3) is 3.90. The number of hydrogen-bond donors (Lipinski definition) is 2. The van der Waals surface area contributed by atoms with Crippen molar-refractivity contribution >= 4 is 16.8 Å². The molecule has 6 heteroatoms. The van der Waals surface area contributed by atoms with Gasteiger partial charge in [-0.25, -0.2) is 8.93 Å². The second kappa shape index (κ2) is 6.54. The molecule has 1 aromatic heterocycles. The fraction of sp³-hybridized carbons (Fsp3) is 0.375. The Kier molecular flexibility index (Phi) is 4.93. The van der Waals surface area contributed by atoms with Crippen LogP contribution in [0.1, 0.15) is 39.3 Å². The van der Waals surface area contributed by atoms with Crippen molar-refractivity contribution in [2.45, 2.75) is 38.5 Å². The Balaban J connectivity index is 2.38. The zero-order chi connectivity index (χ0) is 16.3. The fourth-order valence-corrected chi connectivity index (χ4v) is 2.77. The molecule has 5 nitrogen and oxygen atoms in total. The second-order valence-corrected chi connectivity index (χ2v) is 8.16. The number of hydrogen-bond acceptors (Lipinski definition) is 4. The summed E-state index contributed by atoms with van der Waals surface area (Å²) < 4.78 is 15.1. The van der Waals surface area contributed by atoms with E-state index in [4.69, 9.17) is 5.73 Å². The Morgan fingerprint density at radius 3 is 2.41 bits per heavy atom. The van der Waals surface area contributed by atoms with Gasteiger partial charge in [-0.1, -0.05) is 30.3 Å². The normalized spacial score (nSPS) is 14.5. The average molecular weight is 318 g/mol. The van der Waals surface area contributed by atoms with E-state index in [1.54, 1.807) is 6.07 Å². The van der Waals surface area contributed by atoms with E-state index in [1.807, 2.05) is 58.0 Å². The lowest BCUT2D eigenvalue weighted by molar-refractivity contribution is 0.615. The highest BCUT2D eigenvalue weighted by Crippen LogP contribution is 2.27. The highest BCUT2D eigenvalue weighted by Gasteiger charge is 2.23. The van der Waals surface area contributed by atoms with Gasteiger partial charge in [-0.05, 0) is 33.8 Å². The Labute approximate surface area is 133 Å². The lowest BCUT2D eigenvalue weighted by Crippen LogP contribution is -2.35. The van der Waals surface area contributed by atoms with E-state index >= 15 is 0 Å². The molecule has 3 N–H and O–H groups in total. The van der Waals surface area contributed by atoms with Crippen molar-refractivity contribution in [1.29, 1.82) is 0 Å². The van der Waals surface area contributed by atoms with Crippen LogP contribution in [0, 0.1) is 0 Å². The first-order chi connectivity index (χ1) is 10.3. The monoisotopic (exact) mass is 318 g/mol. The van der Waals surface area contributed by atoms with Crippen molar-refractivity contribution < 1.29 is 4.21 Å². The number of nitrogen functional groups attached to an aromatic ring is 1. The summed E-state index contributed by atoms with van der Waals surface area (Å²) in [4.78, 5) is 0. The van der Waals surface area contributed by atoms with Crippen LogP contribution in [-0.4, -0.2) is 19.2 Å². The van der Waals surface area contributed by atoms with Crippen LogP contribution in [-0.2, 0) is 11.0 Å². The molecule has 1 heterocycles. The fourth-order valence-electron chi connectivity index (χ4n) is 1.97. The zero-order valence-electron chi connectivity index (χ0n) is 13.3. The van der Waals surface area contributed by atoms with E-state index < -0.39 is 11.0 Å². The minimum atomic E-state index is -1.18. The number of nitrogens with two attached hydrogens (primary N) is 1. The molecule has 2 rings (SSSR count). The molecule has 0 fully saturated rings. The molecular formula is C16H22N4OS. The van der Waals surface area contributed by atoms with Crippen molar-refractivity contribution in [3.05, 3.63) is 42.0 Å². The van der Waals surface area contributed by atoms with E-state index in [9.17, 15) is 4.21 Å². The van der Waals surface area contributed by atoms with Crippen LogP contribution in [0.25, 0.3) is 11.3 Å². The van der Waals surface area contributed by atoms with Crippen molar-refractivity contribution in [1.82, 2.24) is 14.9 Å². The molecule has 22 heavy (non-hydrogen) atoms. The maximum Gasteiger partial charge on any atom is 0.146 e. The third-order valence-electron chi connectivity index (χ3n) is 3.20. The SMILES string of the molecule is C[C@H](NS(=O)C(C)(C)C)c1cc(N)nnc1-c1ccccc1. The van der Waals surface area contributed by atoms with E-state index in [-0.39, 0.29) is 10.8 Å². The van der Waals surface area contributed by atoms with Gasteiger partial charge in [0.2, 0.25) is 0 Å². The standard InChI is InChI=1S/C16H22N4OS/c1-11(20-22(21)16(2,3)4)13-10-14(17)18-19-15(13)12-8-6-5-7-9-12/h5-11,20H,1-4H3,(H2,17,18)/t11-,22?/m0/s1.